The molecule has 1 fully saturated rings. The Hall–Kier alpha value is -1.80. The maximum atomic E-state index is 12.2. The van der Waals surface area contributed by atoms with Gasteiger partial charge in [-0.15, -0.1) is 0 Å². The Balaban J connectivity index is 2.13. The summed E-state index contributed by atoms with van der Waals surface area (Å²) in [7, 11) is 1.77. The normalized spacial score (nSPS) is 19.9. The van der Waals surface area contributed by atoms with Crippen LogP contribution in [0.4, 0.5) is 5.69 Å². The molecule has 0 bridgehead atoms. The molecule has 1 N–H and O–H groups in total. The largest absolute Gasteiger partial charge is 0.384 e. The van der Waals surface area contributed by atoms with Crippen molar-refractivity contribution in [1.29, 1.82) is 5.26 Å². The number of nitrogens with one attached hydrogen (secondary N) is 1. The number of rotatable bonds is 4. The summed E-state index contributed by atoms with van der Waals surface area (Å²) in [5.74, 6) is 0. The summed E-state index contributed by atoms with van der Waals surface area (Å²) in [6.07, 6.45) is 4.52. The van der Waals surface area contributed by atoms with E-state index in [1.165, 1.54) is 0 Å². The summed E-state index contributed by atoms with van der Waals surface area (Å²) in [4.78, 5) is 14.5. The van der Waals surface area contributed by atoms with Gasteiger partial charge in [0.25, 0.3) is 5.56 Å². The fourth-order valence-corrected chi connectivity index (χ4v) is 2.66. The SMILES string of the molecule is CNc1cccn([C@H]2CCCN(CCC#N)C2)c1=O. The lowest BCUT2D eigenvalue weighted by atomic mass is 10.0. The van der Waals surface area contributed by atoms with E-state index in [0.717, 1.165) is 32.5 Å². The van der Waals surface area contributed by atoms with E-state index in [0.29, 0.717) is 12.1 Å². The zero-order valence-electron chi connectivity index (χ0n) is 11.3. The van der Waals surface area contributed by atoms with Gasteiger partial charge in [0.15, 0.2) is 0 Å². The second-order valence-electron chi connectivity index (χ2n) is 4.89. The molecule has 0 aliphatic carbocycles. The van der Waals surface area contributed by atoms with Crippen LogP contribution in [0.15, 0.2) is 23.1 Å². The minimum absolute atomic E-state index is 0.0390. The van der Waals surface area contributed by atoms with Crippen molar-refractivity contribution in [3.63, 3.8) is 0 Å². The van der Waals surface area contributed by atoms with Gasteiger partial charge >= 0.3 is 0 Å². The average molecular weight is 260 g/mol. The highest BCUT2D eigenvalue weighted by Crippen LogP contribution is 2.20. The third-order valence-electron chi connectivity index (χ3n) is 3.66. The molecule has 0 unspecified atom stereocenters. The van der Waals surface area contributed by atoms with Crippen LogP contribution >= 0.6 is 0 Å². The monoisotopic (exact) mass is 260 g/mol. The van der Waals surface area contributed by atoms with Crippen LogP contribution in [0.25, 0.3) is 0 Å². The topological polar surface area (TPSA) is 61.1 Å². The minimum atomic E-state index is 0.0390. The van der Waals surface area contributed by atoms with E-state index in [9.17, 15) is 4.79 Å². The van der Waals surface area contributed by atoms with Crippen molar-refractivity contribution in [2.75, 3.05) is 32.0 Å². The van der Waals surface area contributed by atoms with Crippen LogP contribution in [0.2, 0.25) is 0 Å². The molecule has 5 nitrogen and oxygen atoms in total. The molecule has 5 heteroatoms. The Morgan fingerprint density at radius 2 is 2.42 bits per heavy atom. The molecule has 1 aliphatic heterocycles. The number of hydrogen-bond acceptors (Lipinski definition) is 4. The van der Waals surface area contributed by atoms with Crippen LogP contribution in [0, 0.1) is 11.3 Å². The molecular weight excluding hydrogens is 240 g/mol. The molecule has 1 aliphatic rings. The van der Waals surface area contributed by atoms with Gasteiger partial charge < -0.3 is 14.8 Å². The van der Waals surface area contributed by atoms with E-state index in [4.69, 9.17) is 5.26 Å². The van der Waals surface area contributed by atoms with Gasteiger partial charge in [0.1, 0.15) is 5.69 Å². The van der Waals surface area contributed by atoms with Gasteiger partial charge in [-0.25, -0.2) is 0 Å². The third kappa shape index (κ3) is 3.15. The van der Waals surface area contributed by atoms with E-state index in [1.807, 2.05) is 16.8 Å². The Bertz CT molecular complexity index is 517. The number of anilines is 1. The first kappa shape index (κ1) is 13.6. The van der Waals surface area contributed by atoms with Crippen molar-refractivity contribution in [2.45, 2.75) is 25.3 Å². The molecule has 0 amide bonds. The fourth-order valence-electron chi connectivity index (χ4n) is 2.66. The molecule has 1 saturated heterocycles. The predicted molar refractivity (Wildman–Crippen MR) is 75.2 cm³/mol. The van der Waals surface area contributed by atoms with E-state index in [2.05, 4.69) is 16.3 Å². The summed E-state index contributed by atoms with van der Waals surface area (Å²) >= 11 is 0. The standard InChI is InChI=1S/C14H20N4O/c1-16-13-6-3-10-18(14(13)19)12-5-2-8-17(11-12)9-4-7-15/h3,6,10,12,16H,2,4-5,8-9,11H2,1H3/t12-/m0/s1. The van der Waals surface area contributed by atoms with Crippen LogP contribution in [0.1, 0.15) is 25.3 Å². The van der Waals surface area contributed by atoms with Crippen LogP contribution in [0.5, 0.6) is 0 Å². The van der Waals surface area contributed by atoms with Crippen LogP contribution in [-0.4, -0.2) is 36.1 Å². The van der Waals surface area contributed by atoms with Gasteiger partial charge in [0.2, 0.25) is 0 Å². The second kappa shape index (κ2) is 6.39. The van der Waals surface area contributed by atoms with E-state index in [-0.39, 0.29) is 11.6 Å². The molecule has 0 spiro atoms. The molecular formula is C14H20N4O. The zero-order valence-corrected chi connectivity index (χ0v) is 11.3. The smallest absolute Gasteiger partial charge is 0.274 e. The summed E-state index contributed by atoms with van der Waals surface area (Å²) in [6, 6.07) is 6.10. The number of hydrogen-bond donors (Lipinski definition) is 1. The maximum absolute atomic E-state index is 12.2. The van der Waals surface area contributed by atoms with Crippen LogP contribution < -0.4 is 10.9 Å². The highest BCUT2D eigenvalue weighted by Gasteiger charge is 2.21. The number of aromatic nitrogens is 1. The number of likely N-dealkylation sites (tertiary alicyclic amines) is 1. The molecule has 1 atom stereocenters. The summed E-state index contributed by atoms with van der Waals surface area (Å²) < 4.78 is 1.82. The fraction of sp³-hybridized carbons (Fsp3) is 0.571. The van der Waals surface area contributed by atoms with E-state index < -0.39 is 0 Å². The van der Waals surface area contributed by atoms with Crippen molar-refractivity contribution in [3.8, 4) is 6.07 Å². The Morgan fingerprint density at radius 1 is 1.58 bits per heavy atom. The highest BCUT2D eigenvalue weighted by atomic mass is 16.1. The van der Waals surface area contributed by atoms with Gasteiger partial charge in [0, 0.05) is 38.8 Å². The van der Waals surface area contributed by atoms with Crippen LogP contribution in [-0.2, 0) is 0 Å². The quantitative estimate of drug-likeness (QED) is 0.890. The number of piperidine rings is 1. The number of nitriles is 1. The first-order valence-electron chi connectivity index (χ1n) is 6.74. The van der Waals surface area contributed by atoms with Gasteiger partial charge in [0.05, 0.1) is 6.07 Å². The van der Waals surface area contributed by atoms with Gasteiger partial charge in [-0.05, 0) is 31.5 Å². The molecule has 1 aromatic rings. The summed E-state index contributed by atoms with van der Waals surface area (Å²) in [6.45, 7) is 2.68. The lowest BCUT2D eigenvalue weighted by Gasteiger charge is -2.33. The molecule has 2 heterocycles. The Kier molecular flexibility index (Phi) is 4.58. The molecule has 1 aromatic heterocycles. The lowest BCUT2D eigenvalue weighted by molar-refractivity contribution is 0.178. The average Bonchev–Trinajstić information content (AvgIpc) is 2.45. The van der Waals surface area contributed by atoms with Crippen molar-refractivity contribution in [2.24, 2.45) is 0 Å². The Labute approximate surface area is 113 Å². The summed E-state index contributed by atoms with van der Waals surface area (Å²) in [5, 5.41) is 11.6. The van der Waals surface area contributed by atoms with Crippen molar-refractivity contribution in [1.82, 2.24) is 9.47 Å². The van der Waals surface area contributed by atoms with Crippen molar-refractivity contribution in [3.05, 3.63) is 28.7 Å². The van der Waals surface area contributed by atoms with Crippen LogP contribution in [0.3, 0.4) is 0 Å². The highest BCUT2D eigenvalue weighted by molar-refractivity contribution is 5.39. The lowest BCUT2D eigenvalue weighted by Crippen LogP contribution is -2.40. The number of pyridine rings is 1. The van der Waals surface area contributed by atoms with E-state index in [1.54, 1.807) is 13.1 Å². The summed E-state index contributed by atoms with van der Waals surface area (Å²) in [5.41, 5.74) is 0.675. The first-order valence-corrected chi connectivity index (χ1v) is 6.74. The number of nitrogens with zero attached hydrogens (tertiary/aromatic N) is 3. The van der Waals surface area contributed by atoms with Crippen molar-refractivity contribution < 1.29 is 0 Å². The molecule has 0 aromatic carbocycles. The van der Waals surface area contributed by atoms with Gasteiger partial charge in [-0.1, -0.05) is 0 Å². The third-order valence-corrected chi connectivity index (χ3v) is 3.66. The predicted octanol–water partition coefficient (Wildman–Crippen LogP) is 1.44. The first-order chi connectivity index (χ1) is 9.26. The minimum Gasteiger partial charge on any atom is -0.384 e. The van der Waals surface area contributed by atoms with Gasteiger partial charge in [-0.2, -0.15) is 5.26 Å². The second-order valence-corrected chi connectivity index (χ2v) is 4.89. The molecule has 2 rings (SSSR count). The van der Waals surface area contributed by atoms with Gasteiger partial charge in [-0.3, -0.25) is 4.79 Å². The Morgan fingerprint density at radius 3 is 3.16 bits per heavy atom. The van der Waals surface area contributed by atoms with Crippen molar-refractivity contribution >= 4 is 5.69 Å². The maximum Gasteiger partial charge on any atom is 0.274 e. The molecule has 102 valence electrons. The molecule has 0 radical (unpaired) electrons. The zero-order chi connectivity index (χ0) is 13.7. The molecule has 19 heavy (non-hydrogen) atoms. The molecule has 0 saturated carbocycles. The van der Waals surface area contributed by atoms with E-state index >= 15 is 0 Å².